The summed E-state index contributed by atoms with van der Waals surface area (Å²) >= 11 is 0. The van der Waals surface area contributed by atoms with Crippen LogP contribution in [0.5, 0.6) is 11.5 Å². The van der Waals surface area contributed by atoms with Gasteiger partial charge in [-0.05, 0) is 31.5 Å². The largest absolute Gasteiger partial charge is 0.490 e. The van der Waals surface area contributed by atoms with Crippen LogP contribution < -0.4 is 20.5 Å². The quantitative estimate of drug-likeness (QED) is 0.638. The van der Waals surface area contributed by atoms with Crippen LogP contribution in [0.3, 0.4) is 0 Å². The van der Waals surface area contributed by atoms with Crippen molar-refractivity contribution in [2.75, 3.05) is 13.2 Å². The van der Waals surface area contributed by atoms with E-state index in [-0.39, 0.29) is 42.5 Å². The Morgan fingerprint density at radius 1 is 1.29 bits per heavy atom. The summed E-state index contributed by atoms with van der Waals surface area (Å²) in [4.78, 5) is 12.7. The standard InChI is InChI=1S/C19H28F2N2O4.ClH/c1-5-25-14-9-12(7-8-13(14)27-17(20)21)11-23-16(24)19(22)10-15(26-6-2)18(19,3)4;/h7-9,15,17H,5-6,10-11,22H2,1-4H3,(H,23,24);1H. The maximum atomic E-state index is 12.7. The SMILES string of the molecule is CCOc1cc(CNC(=O)C2(N)CC(OCC)C2(C)C)ccc1OC(F)F.Cl. The van der Waals surface area contributed by atoms with E-state index in [0.717, 1.165) is 0 Å². The van der Waals surface area contributed by atoms with E-state index in [1.54, 1.807) is 19.1 Å². The van der Waals surface area contributed by atoms with Crippen LogP contribution in [0.15, 0.2) is 18.2 Å². The highest BCUT2D eigenvalue weighted by atomic mass is 35.5. The molecule has 28 heavy (non-hydrogen) atoms. The molecule has 0 spiro atoms. The summed E-state index contributed by atoms with van der Waals surface area (Å²) in [6.07, 6.45) is 0.388. The molecular formula is C19H29ClF2N2O4. The Kier molecular flexibility index (Phi) is 8.46. The summed E-state index contributed by atoms with van der Waals surface area (Å²) < 4.78 is 40.4. The molecule has 0 heterocycles. The summed E-state index contributed by atoms with van der Waals surface area (Å²) in [5.74, 6) is -0.112. The van der Waals surface area contributed by atoms with E-state index in [9.17, 15) is 13.6 Å². The van der Waals surface area contributed by atoms with Crippen molar-refractivity contribution in [3.8, 4) is 11.5 Å². The number of alkyl halides is 2. The third-order valence-corrected chi connectivity index (χ3v) is 5.21. The smallest absolute Gasteiger partial charge is 0.387 e. The number of hydrogen-bond acceptors (Lipinski definition) is 5. The summed E-state index contributed by atoms with van der Waals surface area (Å²) in [5.41, 5.74) is 5.53. The van der Waals surface area contributed by atoms with Crippen molar-refractivity contribution in [1.29, 1.82) is 0 Å². The van der Waals surface area contributed by atoms with Gasteiger partial charge in [-0.15, -0.1) is 12.4 Å². The number of nitrogens with two attached hydrogens (primary N) is 1. The number of benzene rings is 1. The molecule has 1 amide bonds. The van der Waals surface area contributed by atoms with Crippen LogP contribution in [0.2, 0.25) is 0 Å². The van der Waals surface area contributed by atoms with Crippen molar-refractivity contribution in [1.82, 2.24) is 5.32 Å². The Morgan fingerprint density at radius 3 is 2.50 bits per heavy atom. The molecule has 3 N–H and O–H groups in total. The predicted octanol–water partition coefficient (Wildman–Crippen LogP) is 3.26. The van der Waals surface area contributed by atoms with Crippen molar-refractivity contribution in [2.24, 2.45) is 11.1 Å². The van der Waals surface area contributed by atoms with E-state index in [0.29, 0.717) is 25.2 Å². The molecule has 6 nitrogen and oxygen atoms in total. The third kappa shape index (κ3) is 4.85. The molecule has 9 heteroatoms. The minimum Gasteiger partial charge on any atom is -0.490 e. The summed E-state index contributed by atoms with van der Waals surface area (Å²) in [6.45, 7) is 5.61. The first-order chi connectivity index (χ1) is 12.7. The Labute approximate surface area is 170 Å². The summed E-state index contributed by atoms with van der Waals surface area (Å²) in [5, 5.41) is 2.83. The molecule has 1 aliphatic rings. The molecule has 1 aliphatic carbocycles. The summed E-state index contributed by atoms with van der Waals surface area (Å²) in [6, 6.07) is 4.56. The average molecular weight is 423 g/mol. The molecule has 2 atom stereocenters. The number of amides is 1. The number of ether oxygens (including phenoxy) is 3. The van der Waals surface area contributed by atoms with Crippen LogP contribution in [0.4, 0.5) is 8.78 Å². The van der Waals surface area contributed by atoms with Gasteiger partial charge in [-0.25, -0.2) is 0 Å². The van der Waals surface area contributed by atoms with Gasteiger partial charge in [0.15, 0.2) is 11.5 Å². The zero-order valence-corrected chi connectivity index (χ0v) is 17.4. The van der Waals surface area contributed by atoms with Crippen molar-refractivity contribution in [3.05, 3.63) is 23.8 Å². The van der Waals surface area contributed by atoms with Gasteiger partial charge in [0.05, 0.1) is 12.7 Å². The fourth-order valence-corrected chi connectivity index (χ4v) is 3.28. The second-order valence-electron chi connectivity index (χ2n) is 7.12. The van der Waals surface area contributed by atoms with Gasteiger partial charge in [-0.3, -0.25) is 4.79 Å². The fraction of sp³-hybridized carbons (Fsp3) is 0.632. The van der Waals surface area contributed by atoms with Crippen LogP contribution in [-0.4, -0.2) is 37.4 Å². The van der Waals surface area contributed by atoms with E-state index < -0.39 is 17.6 Å². The zero-order valence-electron chi connectivity index (χ0n) is 16.6. The molecule has 0 aliphatic heterocycles. The fourth-order valence-electron chi connectivity index (χ4n) is 3.28. The number of nitrogens with one attached hydrogen (secondary N) is 1. The first-order valence-corrected chi connectivity index (χ1v) is 9.05. The number of rotatable bonds is 9. The first kappa shape index (κ1) is 24.4. The highest BCUT2D eigenvalue weighted by molar-refractivity contribution is 5.88. The van der Waals surface area contributed by atoms with E-state index in [4.69, 9.17) is 15.2 Å². The molecule has 160 valence electrons. The predicted molar refractivity (Wildman–Crippen MR) is 104 cm³/mol. The molecule has 0 saturated heterocycles. The second-order valence-corrected chi connectivity index (χ2v) is 7.12. The number of hydrogen-bond donors (Lipinski definition) is 2. The van der Waals surface area contributed by atoms with Crippen LogP contribution in [-0.2, 0) is 16.1 Å². The van der Waals surface area contributed by atoms with Crippen molar-refractivity contribution in [3.63, 3.8) is 0 Å². The molecule has 1 aromatic rings. The molecule has 2 rings (SSSR count). The molecule has 0 aromatic heterocycles. The van der Waals surface area contributed by atoms with Gasteiger partial charge in [-0.2, -0.15) is 8.78 Å². The highest BCUT2D eigenvalue weighted by Gasteiger charge is 2.62. The molecule has 1 aromatic carbocycles. The van der Waals surface area contributed by atoms with Gasteiger partial charge in [-0.1, -0.05) is 19.9 Å². The maximum Gasteiger partial charge on any atom is 0.387 e. The molecule has 1 saturated carbocycles. The van der Waals surface area contributed by atoms with Gasteiger partial charge in [0.25, 0.3) is 0 Å². The Hall–Kier alpha value is -1.64. The van der Waals surface area contributed by atoms with E-state index in [1.165, 1.54) is 6.07 Å². The lowest BCUT2D eigenvalue weighted by Crippen LogP contribution is -2.75. The number of halogens is 3. The molecular weight excluding hydrogens is 394 g/mol. The van der Waals surface area contributed by atoms with E-state index in [2.05, 4.69) is 10.1 Å². The lowest BCUT2D eigenvalue weighted by molar-refractivity contribution is -0.170. The third-order valence-electron chi connectivity index (χ3n) is 5.21. The van der Waals surface area contributed by atoms with Crippen LogP contribution in [0, 0.1) is 5.41 Å². The van der Waals surface area contributed by atoms with Crippen molar-refractivity contribution >= 4 is 18.3 Å². The lowest BCUT2D eigenvalue weighted by Gasteiger charge is -2.57. The normalized spacial score (nSPS) is 22.8. The first-order valence-electron chi connectivity index (χ1n) is 9.05. The van der Waals surface area contributed by atoms with Gasteiger partial charge >= 0.3 is 6.61 Å². The topological polar surface area (TPSA) is 82.8 Å². The van der Waals surface area contributed by atoms with Gasteiger partial charge < -0.3 is 25.3 Å². The molecule has 1 fully saturated rings. The molecule has 0 bridgehead atoms. The maximum absolute atomic E-state index is 12.7. The highest BCUT2D eigenvalue weighted by Crippen LogP contribution is 2.49. The van der Waals surface area contributed by atoms with Crippen LogP contribution in [0.1, 0.15) is 39.7 Å². The second kappa shape index (κ2) is 9.71. The Morgan fingerprint density at radius 2 is 1.96 bits per heavy atom. The number of carbonyl (C=O) groups is 1. The molecule has 2 unspecified atom stereocenters. The molecule has 0 radical (unpaired) electrons. The van der Waals surface area contributed by atoms with E-state index in [1.807, 2.05) is 20.8 Å². The monoisotopic (exact) mass is 422 g/mol. The summed E-state index contributed by atoms with van der Waals surface area (Å²) in [7, 11) is 0. The van der Waals surface area contributed by atoms with E-state index >= 15 is 0 Å². The Bertz CT molecular complexity index is 675. The van der Waals surface area contributed by atoms with Gasteiger partial charge in [0.1, 0.15) is 5.54 Å². The van der Waals surface area contributed by atoms with Crippen molar-refractivity contribution in [2.45, 2.75) is 58.9 Å². The minimum atomic E-state index is -2.94. The average Bonchev–Trinajstić information content (AvgIpc) is 2.61. The lowest BCUT2D eigenvalue weighted by atomic mass is 9.54. The van der Waals surface area contributed by atoms with Crippen molar-refractivity contribution < 1.29 is 27.8 Å². The van der Waals surface area contributed by atoms with Crippen LogP contribution >= 0.6 is 12.4 Å². The minimum absolute atomic E-state index is 0. The van der Waals surface area contributed by atoms with Gasteiger partial charge in [0.2, 0.25) is 5.91 Å². The van der Waals surface area contributed by atoms with Crippen LogP contribution in [0.25, 0.3) is 0 Å². The Balaban J connectivity index is 0.00000392. The zero-order chi connectivity index (χ0) is 20.2. The number of carbonyl (C=O) groups excluding carboxylic acids is 1. The van der Waals surface area contributed by atoms with Gasteiger partial charge in [0, 0.05) is 25.0 Å².